The predicted molar refractivity (Wildman–Crippen MR) is 58.4 cm³/mol. The number of methoxy groups -OCH3 is 1. The van der Waals surface area contributed by atoms with E-state index in [2.05, 4.69) is 5.32 Å². The Bertz CT molecular complexity index is 160. The first kappa shape index (κ1) is 10.4. The molecule has 2 saturated carbocycles. The molecule has 0 spiro atoms. The van der Waals surface area contributed by atoms with Crippen molar-refractivity contribution in [2.75, 3.05) is 13.7 Å². The molecule has 0 radical (unpaired) electrons. The van der Waals surface area contributed by atoms with Gasteiger partial charge in [0.2, 0.25) is 0 Å². The standard InChI is InChI=1S/C12H23NO/c1-14-12-8-11(9-12)13-7-6-10-4-2-3-5-10/h10-13H,2-9H2,1H3. The van der Waals surface area contributed by atoms with Crippen LogP contribution in [0.3, 0.4) is 0 Å². The minimum Gasteiger partial charge on any atom is -0.381 e. The van der Waals surface area contributed by atoms with E-state index < -0.39 is 0 Å². The third-order valence-corrected chi connectivity index (χ3v) is 3.89. The minimum absolute atomic E-state index is 0.541. The van der Waals surface area contributed by atoms with Crippen LogP contribution in [0, 0.1) is 5.92 Å². The number of hydrogen-bond donors (Lipinski definition) is 1. The lowest BCUT2D eigenvalue weighted by molar-refractivity contribution is 0.0172. The van der Waals surface area contributed by atoms with E-state index >= 15 is 0 Å². The number of nitrogens with one attached hydrogen (secondary N) is 1. The lowest BCUT2D eigenvalue weighted by Gasteiger charge is -2.35. The van der Waals surface area contributed by atoms with Crippen molar-refractivity contribution in [3.8, 4) is 0 Å². The van der Waals surface area contributed by atoms with Crippen LogP contribution in [-0.4, -0.2) is 25.8 Å². The summed E-state index contributed by atoms with van der Waals surface area (Å²) in [5.74, 6) is 1.03. The lowest BCUT2D eigenvalue weighted by atomic mass is 9.89. The zero-order valence-electron chi connectivity index (χ0n) is 9.30. The van der Waals surface area contributed by atoms with Gasteiger partial charge in [-0.05, 0) is 31.7 Å². The maximum Gasteiger partial charge on any atom is 0.0601 e. The molecule has 0 atom stereocenters. The van der Waals surface area contributed by atoms with Crippen LogP contribution in [-0.2, 0) is 4.74 Å². The summed E-state index contributed by atoms with van der Waals surface area (Å²) in [6.07, 6.45) is 10.3. The Labute approximate surface area is 87.4 Å². The first-order valence-corrected chi connectivity index (χ1v) is 6.14. The monoisotopic (exact) mass is 197 g/mol. The molecule has 0 amide bonds. The summed E-state index contributed by atoms with van der Waals surface area (Å²) in [5.41, 5.74) is 0. The molecule has 0 aromatic heterocycles. The first-order valence-electron chi connectivity index (χ1n) is 6.14. The molecule has 0 aromatic rings. The molecule has 0 saturated heterocycles. The van der Waals surface area contributed by atoms with Crippen LogP contribution in [0.4, 0.5) is 0 Å². The Kier molecular flexibility index (Phi) is 3.82. The van der Waals surface area contributed by atoms with Crippen molar-refractivity contribution in [2.45, 2.75) is 57.1 Å². The molecule has 2 aliphatic carbocycles. The summed E-state index contributed by atoms with van der Waals surface area (Å²) < 4.78 is 5.26. The SMILES string of the molecule is COC1CC(NCCC2CCCC2)C1. The highest BCUT2D eigenvalue weighted by Crippen LogP contribution is 2.27. The van der Waals surface area contributed by atoms with Gasteiger partial charge in [-0.25, -0.2) is 0 Å². The second-order valence-electron chi connectivity index (χ2n) is 4.92. The predicted octanol–water partition coefficient (Wildman–Crippen LogP) is 2.33. The van der Waals surface area contributed by atoms with E-state index in [1.807, 2.05) is 7.11 Å². The van der Waals surface area contributed by atoms with Crippen LogP contribution in [0.25, 0.3) is 0 Å². The average molecular weight is 197 g/mol. The molecule has 0 aromatic carbocycles. The topological polar surface area (TPSA) is 21.3 Å². The molecule has 0 aliphatic heterocycles. The molecule has 14 heavy (non-hydrogen) atoms. The Morgan fingerprint density at radius 2 is 1.93 bits per heavy atom. The van der Waals surface area contributed by atoms with Crippen molar-refractivity contribution >= 4 is 0 Å². The molecule has 0 bridgehead atoms. The Morgan fingerprint density at radius 3 is 2.57 bits per heavy atom. The van der Waals surface area contributed by atoms with Crippen molar-refractivity contribution in [2.24, 2.45) is 5.92 Å². The molecular formula is C12H23NO. The Morgan fingerprint density at radius 1 is 1.21 bits per heavy atom. The van der Waals surface area contributed by atoms with Gasteiger partial charge in [-0.1, -0.05) is 25.7 Å². The Balaban J connectivity index is 1.47. The maximum absolute atomic E-state index is 5.26. The zero-order chi connectivity index (χ0) is 9.80. The van der Waals surface area contributed by atoms with Gasteiger partial charge in [-0.2, -0.15) is 0 Å². The molecule has 2 fully saturated rings. The molecule has 1 N–H and O–H groups in total. The van der Waals surface area contributed by atoms with Crippen LogP contribution in [0.1, 0.15) is 44.9 Å². The maximum atomic E-state index is 5.26. The van der Waals surface area contributed by atoms with Gasteiger partial charge in [0.05, 0.1) is 6.10 Å². The molecule has 0 unspecified atom stereocenters. The minimum atomic E-state index is 0.541. The number of rotatable bonds is 5. The van der Waals surface area contributed by atoms with Crippen molar-refractivity contribution < 1.29 is 4.74 Å². The summed E-state index contributed by atoms with van der Waals surface area (Å²) in [5, 5.41) is 3.63. The van der Waals surface area contributed by atoms with Gasteiger partial charge in [0.1, 0.15) is 0 Å². The first-order chi connectivity index (χ1) is 6.88. The highest BCUT2D eigenvalue weighted by Gasteiger charge is 2.28. The summed E-state index contributed by atoms with van der Waals surface area (Å²) in [6.45, 7) is 1.23. The van der Waals surface area contributed by atoms with E-state index in [-0.39, 0.29) is 0 Å². The average Bonchev–Trinajstić information content (AvgIpc) is 2.61. The van der Waals surface area contributed by atoms with Crippen molar-refractivity contribution in [1.29, 1.82) is 0 Å². The highest BCUT2D eigenvalue weighted by atomic mass is 16.5. The van der Waals surface area contributed by atoms with Gasteiger partial charge in [0.15, 0.2) is 0 Å². The Hall–Kier alpha value is -0.0800. The molecule has 82 valence electrons. The summed E-state index contributed by atoms with van der Waals surface area (Å²) in [7, 11) is 1.82. The number of ether oxygens (including phenoxy) is 1. The van der Waals surface area contributed by atoms with Crippen molar-refractivity contribution in [1.82, 2.24) is 5.32 Å². The quantitative estimate of drug-likeness (QED) is 0.730. The highest BCUT2D eigenvalue weighted by molar-refractivity contribution is 4.85. The third-order valence-electron chi connectivity index (χ3n) is 3.89. The van der Waals surface area contributed by atoms with Gasteiger partial charge >= 0.3 is 0 Å². The fourth-order valence-electron chi connectivity index (χ4n) is 2.72. The van der Waals surface area contributed by atoms with Gasteiger partial charge in [-0.15, -0.1) is 0 Å². The summed E-state index contributed by atoms with van der Waals surface area (Å²) >= 11 is 0. The summed E-state index contributed by atoms with van der Waals surface area (Å²) in [6, 6.07) is 0.751. The van der Waals surface area contributed by atoms with Crippen molar-refractivity contribution in [3.05, 3.63) is 0 Å². The second kappa shape index (κ2) is 5.13. The van der Waals surface area contributed by atoms with E-state index in [1.165, 1.54) is 51.5 Å². The van der Waals surface area contributed by atoms with Crippen LogP contribution >= 0.6 is 0 Å². The molecule has 2 rings (SSSR count). The van der Waals surface area contributed by atoms with Crippen molar-refractivity contribution in [3.63, 3.8) is 0 Å². The van der Waals surface area contributed by atoms with Crippen LogP contribution in [0.15, 0.2) is 0 Å². The normalized spacial score (nSPS) is 33.2. The van der Waals surface area contributed by atoms with Gasteiger partial charge in [0, 0.05) is 13.2 Å². The van der Waals surface area contributed by atoms with Crippen LogP contribution in [0.5, 0.6) is 0 Å². The van der Waals surface area contributed by atoms with E-state index in [9.17, 15) is 0 Å². The second-order valence-corrected chi connectivity index (χ2v) is 4.92. The van der Waals surface area contributed by atoms with E-state index in [1.54, 1.807) is 0 Å². The molecule has 2 nitrogen and oxygen atoms in total. The lowest BCUT2D eigenvalue weighted by Crippen LogP contribution is -2.45. The van der Waals surface area contributed by atoms with Crippen LogP contribution < -0.4 is 5.32 Å². The van der Waals surface area contributed by atoms with Crippen LogP contribution in [0.2, 0.25) is 0 Å². The fourth-order valence-corrected chi connectivity index (χ4v) is 2.72. The van der Waals surface area contributed by atoms with Gasteiger partial charge < -0.3 is 10.1 Å². The summed E-state index contributed by atoms with van der Waals surface area (Å²) in [4.78, 5) is 0. The fraction of sp³-hybridized carbons (Fsp3) is 1.00. The van der Waals surface area contributed by atoms with E-state index in [0.717, 1.165) is 12.0 Å². The zero-order valence-corrected chi connectivity index (χ0v) is 9.30. The molecule has 2 aliphatic rings. The number of hydrogen-bond acceptors (Lipinski definition) is 2. The molecule has 2 heteroatoms. The van der Waals surface area contributed by atoms with E-state index in [0.29, 0.717) is 6.10 Å². The van der Waals surface area contributed by atoms with Gasteiger partial charge in [0.25, 0.3) is 0 Å². The smallest absolute Gasteiger partial charge is 0.0601 e. The largest absolute Gasteiger partial charge is 0.381 e. The van der Waals surface area contributed by atoms with E-state index in [4.69, 9.17) is 4.74 Å². The molecule has 0 heterocycles. The van der Waals surface area contributed by atoms with Gasteiger partial charge in [-0.3, -0.25) is 0 Å². The third kappa shape index (κ3) is 2.71. The molecular weight excluding hydrogens is 174 g/mol.